The van der Waals surface area contributed by atoms with Crippen molar-refractivity contribution in [3.8, 4) is 0 Å². The van der Waals surface area contributed by atoms with Gasteiger partial charge in [-0.1, -0.05) is 25.3 Å². The molecule has 0 bridgehead atoms. The average Bonchev–Trinajstić information content (AvgIpc) is 3.06. The third-order valence-electron chi connectivity index (χ3n) is 5.10. The highest BCUT2D eigenvalue weighted by Crippen LogP contribution is 2.28. The molecular formula is C23H26F2N4O4. The molecule has 1 aliphatic heterocycles. The van der Waals surface area contributed by atoms with Crippen LogP contribution in [0.3, 0.4) is 0 Å². The van der Waals surface area contributed by atoms with Crippen molar-refractivity contribution in [3.05, 3.63) is 65.5 Å². The molecule has 1 aromatic rings. The summed E-state index contributed by atoms with van der Waals surface area (Å²) in [5, 5.41) is 4.59. The molecule has 2 heterocycles. The highest BCUT2D eigenvalue weighted by Gasteiger charge is 2.42. The number of likely N-dealkylation sites (tertiary alicyclic amines) is 1. The van der Waals surface area contributed by atoms with Gasteiger partial charge >= 0.3 is 5.92 Å². The van der Waals surface area contributed by atoms with Gasteiger partial charge < -0.3 is 20.3 Å². The molecule has 1 aromatic heterocycles. The number of aldehydes is 1. The van der Waals surface area contributed by atoms with E-state index < -0.39 is 35.4 Å². The van der Waals surface area contributed by atoms with Crippen LogP contribution in [0.25, 0.3) is 0 Å². The number of hydrogen-bond acceptors (Lipinski definition) is 5. The van der Waals surface area contributed by atoms with Gasteiger partial charge in [-0.25, -0.2) is 0 Å². The topological polar surface area (TPSA) is 108 Å². The Kier molecular flexibility index (Phi) is 8.33. The second kappa shape index (κ2) is 10.8. The van der Waals surface area contributed by atoms with E-state index in [1.54, 1.807) is 6.92 Å². The number of hydrogen-bond donors (Lipinski definition) is 2. The van der Waals surface area contributed by atoms with Gasteiger partial charge in [-0.15, -0.1) is 0 Å². The van der Waals surface area contributed by atoms with Crippen LogP contribution in [-0.2, 0) is 25.1 Å². The van der Waals surface area contributed by atoms with Gasteiger partial charge in [-0.3, -0.25) is 19.4 Å². The summed E-state index contributed by atoms with van der Waals surface area (Å²) >= 11 is 0. The summed E-state index contributed by atoms with van der Waals surface area (Å²) in [6.07, 6.45) is 3.61. The normalized spacial score (nSPS) is 16.0. The second-order valence-corrected chi connectivity index (χ2v) is 7.59. The Morgan fingerprint density at radius 3 is 2.64 bits per heavy atom. The number of nitrogens with zero attached hydrogens (tertiary/aromatic N) is 2. The molecule has 176 valence electrons. The number of aromatic nitrogens is 1. The first-order valence-electron chi connectivity index (χ1n) is 10.2. The third-order valence-corrected chi connectivity index (χ3v) is 5.10. The zero-order valence-electron chi connectivity index (χ0n) is 18.5. The number of likely N-dealkylation sites (N-methyl/N-ethyl adjacent to an activating group) is 1. The second-order valence-electron chi connectivity index (χ2n) is 7.59. The first-order chi connectivity index (χ1) is 15.5. The largest absolute Gasteiger partial charge is 0.366 e. The van der Waals surface area contributed by atoms with Crippen LogP contribution in [0.1, 0.15) is 24.1 Å². The minimum absolute atomic E-state index is 0.0328. The summed E-state index contributed by atoms with van der Waals surface area (Å²) in [6, 6.07) is 1.66. The molecule has 1 saturated heterocycles. The Hall–Kier alpha value is -3.69. The van der Waals surface area contributed by atoms with Crippen molar-refractivity contribution in [1.29, 1.82) is 0 Å². The van der Waals surface area contributed by atoms with E-state index in [0.717, 1.165) is 6.07 Å². The van der Waals surface area contributed by atoms with Crippen LogP contribution < -0.4 is 10.6 Å². The van der Waals surface area contributed by atoms with E-state index in [9.17, 15) is 28.0 Å². The highest BCUT2D eigenvalue weighted by molar-refractivity contribution is 6.03. The number of rotatable bonds is 10. The molecule has 1 fully saturated rings. The van der Waals surface area contributed by atoms with Gasteiger partial charge in [0.1, 0.15) is 18.0 Å². The SMILES string of the molecule is C=C(/C=C1/CN(C(CCC=O)C(=O)NC)C(=O)C1=C)CNC(=O)C(F)(F)c1ccc(C)cn1. The highest BCUT2D eigenvalue weighted by atomic mass is 19.3. The first kappa shape index (κ1) is 25.6. The lowest BCUT2D eigenvalue weighted by Crippen LogP contribution is -2.46. The Morgan fingerprint density at radius 2 is 2.06 bits per heavy atom. The van der Waals surface area contributed by atoms with Crippen molar-refractivity contribution in [2.24, 2.45) is 0 Å². The fourth-order valence-electron chi connectivity index (χ4n) is 3.24. The van der Waals surface area contributed by atoms with Gasteiger partial charge in [0.15, 0.2) is 0 Å². The smallest absolute Gasteiger partial charge is 0.357 e. The number of halogens is 2. The van der Waals surface area contributed by atoms with Crippen LogP contribution in [0.4, 0.5) is 8.78 Å². The van der Waals surface area contributed by atoms with Crippen molar-refractivity contribution >= 4 is 24.0 Å². The number of alkyl halides is 2. The summed E-state index contributed by atoms with van der Waals surface area (Å²) in [5.74, 6) is -6.26. The van der Waals surface area contributed by atoms with E-state index in [1.807, 2.05) is 0 Å². The number of aryl methyl sites for hydroxylation is 1. The van der Waals surface area contributed by atoms with Crippen molar-refractivity contribution in [3.63, 3.8) is 0 Å². The molecular weight excluding hydrogens is 434 g/mol. The van der Waals surface area contributed by atoms with E-state index in [2.05, 4.69) is 28.8 Å². The minimum atomic E-state index is -3.83. The van der Waals surface area contributed by atoms with E-state index in [1.165, 1.54) is 30.3 Å². The van der Waals surface area contributed by atoms with Gasteiger partial charge in [0.25, 0.3) is 11.8 Å². The summed E-state index contributed by atoms with van der Waals surface area (Å²) in [5.41, 5.74) is 0.824. The molecule has 33 heavy (non-hydrogen) atoms. The van der Waals surface area contributed by atoms with Gasteiger partial charge in [0.05, 0.1) is 0 Å². The minimum Gasteiger partial charge on any atom is -0.357 e. The van der Waals surface area contributed by atoms with Crippen molar-refractivity contribution in [2.75, 3.05) is 20.1 Å². The molecule has 2 N–H and O–H groups in total. The molecule has 10 heteroatoms. The van der Waals surface area contributed by atoms with Crippen LogP contribution in [0.5, 0.6) is 0 Å². The molecule has 1 unspecified atom stereocenters. The van der Waals surface area contributed by atoms with Gasteiger partial charge in [-0.2, -0.15) is 8.78 Å². The Bertz CT molecular complexity index is 1000. The Labute approximate surface area is 190 Å². The maximum absolute atomic E-state index is 14.4. The number of pyridine rings is 1. The molecule has 2 rings (SSSR count). The number of carbonyl (C=O) groups is 4. The average molecular weight is 460 g/mol. The Morgan fingerprint density at radius 1 is 1.36 bits per heavy atom. The summed E-state index contributed by atoms with van der Waals surface area (Å²) in [7, 11) is 1.43. The van der Waals surface area contributed by atoms with E-state index >= 15 is 0 Å². The van der Waals surface area contributed by atoms with Crippen molar-refractivity contribution in [1.82, 2.24) is 20.5 Å². The first-order valence-corrected chi connectivity index (χ1v) is 10.2. The predicted molar refractivity (Wildman–Crippen MR) is 117 cm³/mol. The maximum Gasteiger partial charge on any atom is 0.366 e. The Balaban J connectivity index is 2.07. The summed E-state index contributed by atoms with van der Waals surface area (Å²) in [4.78, 5) is 52.5. The lowest BCUT2D eigenvalue weighted by atomic mass is 10.1. The number of carbonyl (C=O) groups excluding carboxylic acids is 4. The fourth-order valence-corrected chi connectivity index (χ4v) is 3.24. The van der Waals surface area contributed by atoms with E-state index in [4.69, 9.17) is 0 Å². The maximum atomic E-state index is 14.4. The molecule has 1 atom stereocenters. The predicted octanol–water partition coefficient (Wildman–Crippen LogP) is 1.57. The fraction of sp³-hybridized carbons (Fsp3) is 0.348. The molecule has 0 aromatic carbocycles. The van der Waals surface area contributed by atoms with Crippen molar-refractivity contribution in [2.45, 2.75) is 31.7 Å². The lowest BCUT2D eigenvalue weighted by molar-refractivity contribution is -0.147. The summed E-state index contributed by atoms with van der Waals surface area (Å²) < 4.78 is 28.7. The number of nitrogens with one attached hydrogen (secondary N) is 2. The molecule has 1 aliphatic rings. The molecule has 0 spiro atoms. The molecule has 3 amide bonds. The van der Waals surface area contributed by atoms with Crippen LogP contribution in [0.2, 0.25) is 0 Å². The monoisotopic (exact) mass is 460 g/mol. The number of amides is 3. The third kappa shape index (κ3) is 5.97. The molecule has 0 radical (unpaired) electrons. The zero-order chi connectivity index (χ0) is 24.8. The standard InChI is InChI=1S/C23H26F2N4O4/c1-14-7-8-19(27-11-14)23(24,25)22(33)28-12-15(2)10-17-13-29(21(32)16(17)3)18(6-5-9-30)20(31)26-4/h7-11,18H,2-3,5-6,12-13H2,1,4H3,(H,26,31)(H,28,33)/b17-10-. The quantitative estimate of drug-likeness (QED) is 0.407. The van der Waals surface area contributed by atoms with Crippen LogP contribution in [-0.4, -0.2) is 60.1 Å². The molecule has 0 saturated carbocycles. The van der Waals surface area contributed by atoms with Crippen molar-refractivity contribution < 1.29 is 28.0 Å². The van der Waals surface area contributed by atoms with Gasteiger partial charge in [0.2, 0.25) is 5.91 Å². The summed E-state index contributed by atoms with van der Waals surface area (Å²) in [6.45, 7) is 8.90. The van der Waals surface area contributed by atoms with Crippen LogP contribution in [0.15, 0.2) is 54.3 Å². The van der Waals surface area contributed by atoms with E-state index in [0.29, 0.717) is 17.4 Å². The van der Waals surface area contributed by atoms with Gasteiger partial charge in [0, 0.05) is 38.3 Å². The zero-order valence-corrected chi connectivity index (χ0v) is 18.5. The van der Waals surface area contributed by atoms with Gasteiger partial charge in [-0.05, 0) is 36.1 Å². The lowest BCUT2D eigenvalue weighted by Gasteiger charge is -2.25. The van der Waals surface area contributed by atoms with E-state index in [-0.39, 0.29) is 37.1 Å². The molecule has 8 nitrogen and oxygen atoms in total. The van der Waals surface area contributed by atoms with Crippen LogP contribution >= 0.6 is 0 Å². The molecule has 0 aliphatic carbocycles. The van der Waals surface area contributed by atoms with Crippen LogP contribution in [0, 0.1) is 6.92 Å².